The van der Waals surface area contributed by atoms with E-state index in [9.17, 15) is 13.2 Å². The van der Waals surface area contributed by atoms with Crippen molar-refractivity contribution in [1.82, 2.24) is 5.32 Å². The second-order valence-corrected chi connectivity index (χ2v) is 5.69. The molecular formula is C13H22N2O4S. The molecule has 0 atom stereocenters. The third-order valence-corrected chi connectivity index (χ3v) is 3.42. The van der Waals surface area contributed by atoms with Crippen molar-refractivity contribution in [1.29, 1.82) is 0 Å². The van der Waals surface area contributed by atoms with Crippen molar-refractivity contribution >= 4 is 16.0 Å². The summed E-state index contributed by atoms with van der Waals surface area (Å²) < 4.78 is 22.2. The summed E-state index contributed by atoms with van der Waals surface area (Å²) in [6.45, 7) is 5.02. The Hall–Kier alpha value is -1.44. The van der Waals surface area contributed by atoms with Gasteiger partial charge in [-0.25, -0.2) is 18.4 Å². The first-order chi connectivity index (χ1) is 9.27. The highest BCUT2D eigenvalue weighted by Gasteiger charge is 2.14. The van der Waals surface area contributed by atoms with Gasteiger partial charge in [-0.2, -0.15) is 0 Å². The number of carboxylic acid groups (broad SMARTS) is 1. The van der Waals surface area contributed by atoms with Gasteiger partial charge in [-0.3, -0.25) is 0 Å². The number of primary sulfonamides is 1. The van der Waals surface area contributed by atoms with E-state index in [1.807, 2.05) is 14.0 Å². The maximum atomic E-state index is 11.1. The van der Waals surface area contributed by atoms with Gasteiger partial charge in [0.1, 0.15) is 0 Å². The van der Waals surface area contributed by atoms with Crippen molar-refractivity contribution in [3.05, 3.63) is 29.3 Å². The van der Waals surface area contributed by atoms with Crippen molar-refractivity contribution in [3.8, 4) is 0 Å². The fourth-order valence-corrected chi connectivity index (χ4v) is 2.00. The van der Waals surface area contributed by atoms with Crippen LogP contribution in [0.2, 0.25) is 0 Å². The largest absolute Gasteiger partial charge is 0.478 e. The van der Waals surface area contributed by atoms with Crippen LogP contribution in [0.15, 0.2) is 23.1 Å². The summed E-state index contributed by atoms with van der Waals surface area (Å²) in [7, 11) is -1.85. The van der Waals surface area contributed by atoms with Gasteiger partial charge < -0.3 is 10.4 Å². The molecule has 1 aromatic carbocycles. The number of nitrogens with one attached hydrogen (secondary N) is 1. The molecule has 20 heavy (non-hydrogen) atoms. The van der Waals surface area contributed by atoms with Crippen LogP contribution in [0, 0.1) is 0 Å². The van der Waals surface area contributed by atoms with Crippen LogP contribution in [0.25, 0.3) is 0 Å². The molecule has 1 aromatic rings. The van der Waals surface area contributed by atoms with E-state index in [-0.39, 0.29) is 10.5 Å². The number of nitrogens with two attached hydrogens (primary N) is 1. The normalized spacial score (nSPS) is 10.6. The molecule has 114 valence electrons. The minimum atomic E-state index is -3.78. The molecule has 0 aliphatic rings. The first kappa shape index (κ1) is 18.6. The topological polar surface area (TPSA) is 109 Å². The van der Waals surface area contributed by atoms with Gasteiger partial charge in [0.15, 0.2) is 0 Å². The maximum Gasteiger partial charge on any atom is 0.335 e. The number of aryl methyl sites for hydroxylation is 1. The smallest absolute Gasteiger partial charge is 0.335 e. The van der Waals surface area contributed by atoms with Crippen LogP contribution >= 0.6 is 0 Å². The summed E-state index contributed by atoms with van der Waals surface area (Å²) in [6.07, 6.45) is 1.24. The Labute approximate surface area is 120 Å². The Morgan fingerprint density at radius 3 is 2.25 bits per heavy atom. The number of aromatic carboxylic acids is 1. The van der Waals surface area contributed by atoms with Crippen molar-refractivity contribution < 1.29 is 18.3 Å². The zero-order valence-electron chi connectivity index (χ0n) is 12.0. The molecule has 0 heterocycles. The first-order valence-electron chi connectivity index (χ1n) is 6.31. The molecule has 0 spiro atoms. The number of carbonyl (C=O) groups is 1. The SMILES string of the molecule is CCCc1cc(S(N)(=O)=O)ccc1C(=O)O.CCNC. The minimum absolute atomic E-state index is 0.0547. The van der Waals surface area contributed by atoms with Gasteiger partial charge in [-0.15, -0.1) is 0 Å². The minimum Gasteiger partial charge on any atom is -0.478 e. The van der Waals surface area contributed by atoms with E-state index in [1.54, 1.807) is 0 Å². The molecule has 0 aliphatic heterocycles. The first-order valence-corrected chi connectivity index (χ1v) is 7.86. The van der Waals surface area contributed by atoms with Crippen molar-refractivity contribution in [2.45, 2.75) is 31.6 Å². The van der Waals surface area contributed by atoms with E-state index < -0.39 is 16.0 Å². The molecule has 4 N–H and O–H groups in total. The predicted octanol–water partition coefficient (Wildman–Crippen LogP) is 1.21. The summed E-state index contributed by atoms with van der Waals surface area (Å²) >= 11 is 0. The Kier molecular flexibility index (Phi) is 8.05. The number of rotatable bonds is 5. The monoisotopic (exact) mass is 302 g/mol. The highest BCUT2D eigenvalue weighted by molar-refractivity contribution is 7.89. The number of hydrogen-bond acceptors (Lipinski definition) is 4. The third-order valence-electron chi connectivity index (χ3n) is 2.51. The molecule has 0 bridgehead atoms. The molecule has 1 rings (SSSR count). The van der Waals surface area contributed by atoms with E-state index >= 15 is 0 Å². The molecule has 0 saturated heterocycles. The Morgan fingerprint density at radius 1 is 1.35 bits per heavy atom. The highest BCUT2D eigenvalue weighted by atomic mass is 32.2. The molecule has 0 unspecified atom stereocenters. The van der Waals surface area contributed by atoms with Crippen molar-refractivity contribution in [3.63, 3.8) is 0 Å². The van der Waals surface area contributed by atoms with Crippen LogP contribution < -0.4 is 10.5 Å². The Balaban J connectivity index is 0.000000796. The summed E-state index contributed by atoms with van der Waals surface area (Å²) in [5.41, 5.74) is 0.607. The van der Waals surface area contributed by atoms with Crippen LogP contribution in [0.4, 0.5) is 0 Å². The number of carboxylic acids is 1. The van der Waals surface area contributed by atoms with Gasteiger partial charge in [0.25, 0.3) is 0 Å². The number of hydrogen-bond donors (Lipinski definition) is 3. The zero-order chi connectivity index (χ0) is 15.8. The molecule has 6 nitrogen and oxygen atoms in total. The van der Waals surface area contributed by atoms with Gasteiger partial charge in [-0.1, -0.05) is 20.3 Å². The lowest BCUT2D eigenvalue weighted by Gasteiger charge is -2.06. The summed E-state index contributed by atoms with van der Waals surface area (Å²) in [5.74, 6) is -1.07. The molecular weight excluding hydrogens is 280 g/mol. The van der Waals surface area contributed by atoms with E-state index in [0.29, 0.717) is 12.0 Å². The average Bonchev–Trinajstić information content (AvgIpc) is 2.38. The molecule has 0 aliphatic carbocycles. The second-order valence-electron chi connectivity index (χ2n) is 4.13. The molecule has 0 amide bonds. The average molecular weight is 302 g/mol. The second kappa shape index (κ2) is 8.68. The molecule has 0 aromatic heterocycles. The lowest BCUT2D eigenvalue weighted by molar-refractivity contribution is 0.0695. The highest BCUT2D eigenvalue weighted by Crippen LogP contribution is 2.17. The van der Waals surface area contributed by atoms with Crippen molar-refractivity contribution in [2.24, 2.45) is 5.14 Å². The summed E-state index contributed by atoms with van der Waals surface area (Å²) in [5, 5.41) is 16.8. The maximum absolute atomic E-state index is 11.1. The van der Waals surface area contributed by atoms with Gasteiger partial charge in [0.2, 0.25) is 10.0 Å². The molecule has 0 radical (unpaired) electrons. The Morgan fingerprint density at radius 2 is 1.90 bits per heavy atom. The lowest BCUT2D eigenvalue weighted by Crippen LogP contribution is -2.13. The zero-order valence-corrected chi connectivity index (χ0v) is 12.8. The van der Waals surface area contributed by atoms with Gasteiger partial charge in [0.05, 0.1) is 10.5 Å². The van der Waals surface area contributed by atoms with Crippen LogP contribution in [0.1, 0.15) is 36.2 Å². The quantitative estimate of drug-likeness (QED) is 0.757. The fraction of sp³-hybridized carbons (Fsp3) is 0.462. The number of sulfonamides is 1. The van der Waals surface area contributed by atoms with Crippen LogP contribution in [0.5, 0.6) is 0 Å². The van der Waals surface area contributed by atoms with Gasteiger partial charge in [-0.05, 0) is 43.8 Å². The fourth-order valence-electron chi connectivity index (χ4n) is 1.43. The third kappa shape index (κ3) is 6.14. The number of benzene rings is 1. The van der Waals surface area contributed by atoms with E-state index in [4.69, 9.17) is 10.2 Å². The standard InChI is InChI=1S/C10H13NO4S.C3H9N/c1-2-3-7-6-8(16(11,14)15)4-5-9(7)10(12)13;1-3-4-2/h4-6H,2-3H2,1H3,(H,12,13)(H2,11,14,15);4H,3H2,1-2H3. The predicted molar refractivity (Wildman–Crippen MR) is 78.4 cm³/mol. The van der Waals surface area contributed by atoms with Crippen molar-refractivity contribution in [2.75, 3.05) is 13.6 Å². The summed E-state index contributed by atoms with van der Waals surface area (Å²) in [6, 6.07) is 3.80. The summed E-state index contributed by atoms with van der Waals surface area (Å²) in [4.78, 5) is 10.8. The van der Waals surface area contributed by atoms with Gasteiger partial charge >= 0.3 is 5.97 Å². The van der Waals surface area contributed by atoms with Crippen LogP contribution in [-0.4, -0.2) is 33.1 Å². The van der Waals surface area contributed by atoms with E-state index in [0.717, 1.165) is 13.0 Å². The Bertz CT molecular complexity index is 539. The van der Waals surface area contributed by atoms with E-state index in [2.05, 4.69) is 12.2 Å². The molecule has 0 saturated carbocycles. The molecule has 0 fully saturated rings. The lowest BCUT2D eigenvalue weighted by atomic mass is 10.0. The van der Waals surface area contributed by atoms with Crippen LogP contribution in [0.3, 0.4) is 0 Å². The van der Waals surface area contributed by atoms with Crippen LogP contribution in [-0.2, 0) is 16.4 Å². The molecule has 7 heteroatoms. The van der Waals surface area contributed by atoms with E-state index in [1.165, 1.54) is 18.2 Å². The van der Waals surface area contributed by atoms with Gasteiger partial charge in [0, 0.05) is 0 Å².